The Hall–Kier alpha value is -2.87. The van der Waals surface area contributed by atoms with Crippen LogP contribution in [-0.2, 0) is 0 Å². The van der Waals surface area contributed by atoms with Gasteiger partial charge in [-0.1, -0.05) is 11.6 Å². The second-order valence-electron chi connectivity index (χ2n) is 5.93. The highest BCUT2D eigenvalue weighted by molar-refractivity contribution is 6.31. The summed E-state index contributed by atoms with van der Waals surface area (Å²) in [6.07, 6.45) is 3.17. The first-order chi connectivity index (χ1) is 12.1. The Morgan fingerprint density at radius 1 is 1.32 bits per heavy atom. The van der Waals surface area contributed by atoms with E-state index in [1.54, 1.807) is 12.3 Å². The predicted octanol–water partition coefficient (Wildman–Crippen LogP) is 2.18. The van der Waals surface area contributed by atoms with E-state index in [9.17, 15) is 9.18 Å². The minimum atomic E-state index is -0.544. The fourth-order valence-corrected chi connectivity index (χ4v) is 3.53. The molecule has 0 saturated heterocycles. The third-order valence-corrected chi connectivity index (χ3v) is 4.84. The molecular weight excluding hydrogens is 349 g/mol. The summed E-state index contributed by atoms with van der Waals surface area (Å²) < 4.78 is 21.2. The zero-order valence-corrected chi connectivity index (χ0v) is 13.4. The molecule has 25 heavy (non-hydrogen) atoms. The number of fused-ring (bicyclic) bond motifs is 4. The van der Waals surface area contributed by atoms with Gasteiger partial charge in [0.2, 0.25) is 0 Å². The Labute approximate surface area is 145 Å². The van der Waals surface area contributed by atoms with Crippen LogP contribution in [0.2, 0.25) is 5.02 Å². The van der Waals surface area contributed by atoms with Crippen molar-refractivity contribution in [3.63, 3.8) is 0 Å². The number of nitrogens with zero attached hydrogens (tertiary/aromatic N) is 3. The lowest BCUT2D eigenvalue weighted by atomic mass is 9.95. The molecule has 0 aliphatic carbocycles. The van der Waals surface area contributed by atoms with Crippen LogP contribution in [0.3, 0.4) is 0 Å². The SMILES string of the molecule is O=C1NC2COc3ccc(F)c(Cl)c3C2Nc2ccn3ncc1c3n2. The van der Waals surface area contributed by atoms with Gasteiger partial charge in [-0.15, -0.1) is 0 Å². The predicted molar refractivity (Wildman–Crippen MR) is 87.5 cm³/mol. The van der Waals surface area contributed by atoms with Crippen molar-refractivity contribution in [2.75, 3.05) is 11.9 Å². The molecule has 2 aliphatic heterocycles. The van der Waals surface area contributed by atoms with E-state index in [0.717, 1.165) is 0 Å². The van der Waals surface area contributed by atoms with Crippen LogP contribution in [0, 0.1) is 5.82 Å². The molecule has 2 aliphatic rings. The van der Waals surface area contributed by atoms with E-state index in [-0.39, 0.29) is 17.5 Å². The van der Waals surface area contributed by atoms with Gasteiger partial charge in [-0.2, -0.15) is 5.10 Å². The number of benzene rings is 1. The molecule has 2 N–H and O–H groups in total. The lowest BCUT2D eigenvalue weighted by Gasteiger charge is -2.35. The molecule has 9 heteroatoms. The second-order valence-corrected chi connectivity index (χ2v) is 6.30. The van der Waals surface area contributed by atoms with Crippen molar-refractivity contribution in [3.05, 3.63) is 52.6 Å². The maximum absolute atomic E-state index is 14.0. The first kappa shape index (κ1) is 14.5. The van der Waals surface area contributed by atoms with Crippen LogP contribution >= 0.6 is 11.6 Å². The van der Waals surface area contributed by atoms with Gasteiger partial charge in [-0.3, -0.25) is 4.79 Å². The molecule has 2 atom stereocenters. The molecule has 2 bridgehead atoms. The van der Waals surface area contributed by atoms with E-state index in [4.69, 9.17) is 16.3 Å². The summed E-state index contributed by atoms with van der Waals surface area (Å²) in [5, 5.41) is 10.2. The van der Waals surface area contributed by atoms with Gasteiger partial charge >= 0.3 is 0 Å². The minimum absolute atomic E-state index is 0.0303. The summed E-state index contributed by atoms with van der Waals surface area (Å²) in [7, 11) is 0. The molecule has 2 aromatic heterocycles. The highest BCUT2D eigenvalue weighted by Gasteiger charge is 2.36. The number of halogens is 2. The van der Waals surface area contributed by atoms with E-state index in [1.807, 2.05) is 0 Å². The van der Waals surface area contributed by atoms with Crippen molar-refractivity contribution >= 4 is 29.0 Å². The normalized spacial score (nSPS) is 21.3. The van der Waals surface area contributed by atoms with Gasteiger partial charge in [-0.25, -0.2) is 13.9 Å². The van der Waals surface area contributed by atoms with Gasteiger partial charge < -0.3 is 15.4 Å². The summed E-state index contributed by atoms with van der Waals surface area (Å²) in [4.78, 5) is 17.1. The molecule has 1 aromatic carbocycles. The van der Waals surface area contributed by atoms with Gasteiger partial charge in [0, 0.05) is 11.8 Å². The summed E-state index contributed by atoms with van der Waals surface area (Å²) >= 11 is 6.19. The van der Waals surface area contributed by atoms with E-state index in [2.05, 4.69) is 20.7 Å². The minimum Gasteiger partial charge on any atom is -0.491 e. The van der Waals surface area contributed by atoms with Crippen molar-refractivity contribution in [2.24, 2.45) is 0 Å². The van der Waals surface area contributed by atoms with Crippen molar-refractivity contribution in [1.29, 1.82) is 0 Å². The van der Waals surface area contributed by atoms with Gasteiger partial charge in [0.1, 0.15) is 29.6 Å². The average molecular weight is 360 g/mol. The standard InChI is InChI=1S/C16H11ClFN5O2/c17-13-8(18)1-2-10-12(13)14-9(6-25-10)20-16(24)7-5-19-23-4-3-11(21-14)22-15(7)23/h1-5,9,14H,6H2,(H,20,24)(H,21,22). The molecule has 5 rings (SSSR count). The fraction of sp³-hybridized carbons (Fsp3) is 0.188. The largest absolute Gasteiger partial charge is 0.491 e. The number of ether oxygens (including phenoxy) is 1. The zero-order chi connectivity index (χ0) is 17.1. The molecule has 0 fully saturated rings. The van der Waals surface area contributed by atoms with Crippen LogP contribution in [0.25, 0.3) is 5.65 Å². The number of aromatic nitrogens is 3. The summed E-state index contributed by atoms with van der Waals surface area (Å²) in [5.74, 6) is 0.155. The Morgan fingerprint density at radius 2 is 2.20 bits per heavy atom. The summed E-state index contributed by atoms with van der Waals surface area (Å²) in [5.41, 5.74) is 1.26. The van der Waals surface area contributed by atoms with E-state index in [0.29, 0.717) is 28.3 Å². The third kappa shape index (κ3) is 2.07. The Kier molecular flexibility index (Phi) is 2.93. The van der Waals surface area contributed by atoms with Crippen LogP contribution in [0.1, 0.15) is 22.0 Å². The van der Waals surface area contributed by atoms with Crippen molar-refractivity contribution in [3.8, 4) is 5.75 Å². The number of carbonyl (C=O) groups is 1. The molecule has 7 nitrogen and oxygen atoms in total. The number of amides is 1. The van der Waals surface area contributed by atoms with Gasteiger partial charge in [-0.05, 0) is 18.2 Å². The molecule has 0 radical (unpaired) electrons. The molecule has 126 valence electrons. The lowest BCUT2D eigenvalue weighted by molar-refractivity contribution is 0.0908. The molecule has 2 unspecified atom stereocenters. The molecular formula is C16H11ClFN5O2. The van der Waals surface area contributed by atoms with Crippen molar-refractivity contribution in [1.82, 2.24) is 19.9 Å². The number of carbonyl (C=O) groups excluding carboxylic acids is 1. The molecule has 4 heterocycles. The van der Waals surface area contributed by atoms with E-state index in [1.165, 1.54) is 22.8 Å². The van der Waals surface area contributed by atoms with Gasteiger partial charge in [0.15, 0.2) is 5.65 Å². The number of hydrogen-bond acceptors (Lipinski definition) is 5. The highest BCUT2D eigenvalue weighted by Crippen LogP contribution is 2.40. The van der Waals surface area contributed by atoms with Crippen molar-refractivity contribution < 1.29 is 13.9 Å². The fourth-order valence-electron chi connectivity index (χ4n) is 3.25. The van der Waals surface area contributed by atoms with Crippen LogP contribution in [-0.4, -0.2) is 33.2 Å². The van der Waals surface area contributed by atoms with Gasteiger partial charge in [0.05, 0.1) is 23.3 Å². The molecule has 0 saturated carbocycles. The maximum Gasteiger partial charge on any atom is 0.257 e. The monoisotopic (exact) mass is 359 g/mol. The number of hydrogen-bond donors (Lipinski definition) is 2. The number of anilines is 1. The number of rotatable bonds is 0. The Bertz CT molecular complexity index is 1040. The van der Waals surface area contributed by atoms with E-state index >= 15 is 0 Å². The topological polar surface area (TPSA) is 80.5 Å². The van der Waals surface area contributed by atoms with Gasteiger partial charge in [0.25, 0.3) is 5.91 Å². The smallest absolute Gasteiger partial charge is 0.257 e. The van der Waals surface area contributed by atoms with Crippen LogP contribution in [0.5, 0.6) is 5.75 Å². The Morgan fingerprint density at radius 3 is 3.08 bits per heavy atom. The van der Waals surface area contributed by atoms with Crippen LogP contribution in [0.15, 0.2) is 30.6 Å². The molecule has 1 amide bonds. The molecule has 3 aromatic rings. The number of nitrogens with one attached hydrogen (secondary N) is 2. The average Bonchev–Trinajstić information content (AvgIpc) is 3.03. The zero-order valence-electron chi connectivity index (χ0n) is 12.7. The first-order valence-electron chi connectivity index (χ1n) is 7.64. The highest BCUT2D eigenvalue weighted by atomic mass is 35.5. The third-order valence-electron chi connectivity index (χ3n) is 4.46. The van der Waals surface area contributed by atoms with Crippen molar-refractivity contribution in [2.45, 2.75) is 12.1 Å². The van der Waals surface area contributed by atoms with Crippen LogP contribution < -0.4 is 15.4 Å². The summed E-state index contributed by atoms with van der Waals surface area (Å²) in [6, 6.07) is 3.60. The second kappa shape index (κ2) is 5.06. The molecule has 0 spiro atoms. The summed E-state index contributed by atoms with van der Waals surface area (Å²) in [6.45, 7) is 0.221. The first-order valence-corrected chi connectivity index (χ1v) is 8.02. The Balaban J connectivity index is 1.70. The maximum atomic E-state index is 14.0. The van der Waals surface area contributed by atoms with E-state index < -0.39 is 17.9 Å². The quantitative estimate of drug-likeness (QED) is 0.643. The van der Waals surface area contributed by atoms with Crippen LogP contribution in [0.4, 0.5) is 10.2 Å². The lowest BCUT2D eigenvalue weighted by Crippen LogP contribution is -2.47.